The second-order valence-electron chi connectivity index (χ2n) is 10.0. The van der Waals surface area contributed by atoms with Crippen molar-refractivity contribution in [3.8, 4) is 11.5 Å². The summed E-state index contributed by atoms with van der Waals surface area (Å²) in [6, 6.07) is 27.0. The third kappa shape index (κ3) is 7.26. The van der Waals surface area contributed by atoms with Crippen LogP contribution in [0, 0.1) is 5.92 Å². The standard InChI is InChI=1S/C31H37NO3S2/c1-31(2,37-21-25-12-16-28(35-4)17-13-25)29-18-26(22-36-20-24-10-14-27(34-3)15-11-24)30(33)32(29)19-23-8-6-5-7-9-23/h5-17,26,29H,18-22H2,1-4H3/t26-,29+/m1/s1. The summed E-state index contributed by atoms with van der Waals surface area (Å²) in [7, 11) is 3.38. The SMILES string of the molecule is COc1ccc(CSC[C@H]2C[C@@H](C(C)(C)SCc3ccc(OC)cc3)N(Cc3ccccc3)C2=O)cc1. The van der Waals surface area contributed by atoms with Gasteiger partial charge in [0.1, 0.15) is 11.5 Å². The molecule has 0 bridgehead atoms. The van der Waals surface area contributed by atoms with Crippen LogP contribution in [0.5, 0.6) is 11.5 Å². The molecule has 0 radical (unpaired) electrons. The molecule has 1 saturated heterocycles. The van der Waals surface area contributed by atoms with E-state index in [1.807, 2.05) is 53.9 Å². The van der Waals surface area contributed by atoms with E-state index in [1.165, 1.54) is 16.7 Å². The lowest BCUT2D eigenvalue weighted by molar-refractivity contribution is -0.132. The highest BCUT2D eigenvalue weighted by atomic mass is 32.2. The summed E-state index contributed by atoms with van der Waals surface area (Å²) in [4.78, 5) is 15.9. The van der Waals surface area contributed by atoms with Gasteiger partial charge in [0.25, 0.3) is 0 Å². The molecule has 37 heavy (non-hydrogen) atoms. The number of ether oxygens (including phenoxy) is 2. The van der Waals surface area contributed by atoms with E-state index in [0.717, 1.165) is 35.2 Å². The lowest BCUT2D eigenvalue weighted by Crippen LogP contribution is -2.45. The van der Waals surface area contributed by atoms with Crippen LogP contribution in [0.3, 0.4) is 0 Å². The second kappa shape index (κ2) is 12.8. The zero-order valence-electron chi connectivity index (χ0n) is 22.2. The topological polar surface area (TPSA) is 38.8 Å². The quantitative estimate of drug-likeness (QED) is 0.248. The van der Waals surface area contributed by atoms with Crippen molar-refractivity contribution < 1.29 is 14.3 Å². The van der Waals surface area contributed by atoms with E-state index in [4.69, 9.17) is 9.47 Å². The van der Waals surface area contributed by atoms with Crippen LogP contribution >= 0.6 is 23.5 Å². The molecule has 0 spiro atoms. The predicted molar refractivity (Wildman–Crippen MR) is 156 cm³/mol. The van der Waals surface area contributed by atoms with E-state index in [1.54, 1.807) is 14.2 Å². The molecule has 2 atom stereocenters. The van der Waals surface area contributed by atoms with Crippen LogP contribution in [0.4, 0.5) is 0 Å². The predicted octanol–water partition coefficient (Wildman–Crippen LogP) is 7.07. The van der Waals surface area contributed by atoms with Crippen LogP contribution in [-0.2, 0) is 22.8 Å². The fourth-order valence-electron chi connectivity index (χ4n) is 4.78. The molecule has 6 heteroatoms. The number of likely N-dealkylation sites (tertiary alicyclic amines) is 1. The first-order valence-electron chi connectivity index (χ1n) is 12.7. The van der Waals surface area contributed by atoms with Crippen molar-refractivity contribution in [3.63, 3.8) is 0 Å². The molecule has 196 valence electrons. The Morgan fingerprint density at radius 2 is 1.38 bits per heavy atom. The van der Waals surface area contributed by atoms with Gasteiger partial charge in [0, 0.05) is 40.5 Å². The average Bonchev–Trinajstić information content (AvgIpc) is 3.24. The zero-order chi connectivity index (χ0) is 26.3. The Balaban J connectivity index is 1.43. The van der Waals surface area contributed by atoms with Crippen molar-refractivity contribution in [2.45, 2.75) is 49.1 Å². The molecular formula is C31H37NO3S2. The maximum atomic E-state index is 13.7. The molecule has 0 saturated carbocycles. The summed E-state index contributed by atoms with van der Waals surface area (Å²) < 4.78 is 10.5. The minimum Gasteiger partial charge on any atom is -0.497 e. The van der Waals surface area contributed by atoms with Gasteiger partial charge in [0.15, 0.2) is 0 Å². The summed E-state index contributed by atoms with van der Waals surface area (Å²) in [6.07, 6.45) is 0.893. The molecule has 0 unspecified atom stereocenters. The lowest BCUT2D eigenvalue weighted by atomic mass is 9.97. The van der Waals surface area contributed by atoms with Crippen LogP contribution in [0.2, 0.25) is 0 Å². The van der Waals surface area contributed by atoms with Crippen LogP contribution in [0.1, 0.15) is 37.0 Å². The smallest absolute Gasteiger partial charge is 0.227 e. The molecule has 0 aromatic heterocycles. The fourth-order valence-corrected chi connectivity index (χ4v) is 7.04. The molecule has 3 aromatic carbocycles. The summed E-state index contributed by atoms with van der Waals surface area (Å²) in [5.41, 5.74) is 3.71. The Morgan fingerprint density at radius 3 is 1.95 bits per heavy atom. The van der Waals surface area contributed by atoms with Crippen molar-refractivity contribution in [1.29, 1.82) is 0 Å². The third-order valence-electron chi connectivity index (χ3n) is 7.03. The molecule has 4 rings (SSSR count). The average molecular weight is 536 g/mol. The van der Waals surface area contributed by atoms with Crippen LogP contribution in [0.25, 0.3) is 0 Å². The molecule has 1 aliphatic rings. The minimum absolute atomic E-state index is 0.0397. The van der Waals surface area contributed by atoms with Crippen molar-refractivity contribution in [3.05, 3.63) is 95.6 Å². The minimum atomic E-state index is -0.0836. The third-order valence-corrected chi connectivity index (χ3v) is 9.70. The summed E-state index contributed by atoms with van der Waals surface area (Å²) in [5.74, 6) is 4.70. The van der Waals surface area contributed by atoms with Crippen molar-refractivity contribution >= 4 is 29.4 Å². The number of nitrogens with zero attached hydrogens (tertiary/aromatic N) is 1. The van der Waals surface area contributed by atoms with Crippen LogP contribution in [-0.4, -0.2) is 41.6 Å². The maximum absolute atomic E-state index is 13.7. The Labute approximate surface area is 230 Å². The number of hydrogen-bond acceptors (Lipinski definition) is 5. The first-order chi connectivity index (χ1) is 17.9. The molecule has 0 aliphatic carbocycles. The number of benzene rings is 3. The Bertz CT molecular complexity index is 1130. The number of carbonyl (C=O) groups excluding carboxylic acids is 1. The molecule has 1 fully saturated rings. The van der Waals surface area contributed by atoms with Gasteiger partial charge in [-0.25, -0.2) is 0 Å². The second-order valence-corrected chi connectivity index (χ2v) is 12.7. The van der Waals surface area contributed by atoms with Gasteiger partial charge >= 0.3 is 0 Å². The van der Waals surface area contributed by atoms with Crippen molar-refractivity contribution in [2.75, 3.05) is 20.0 Å². The van der Waals surface area contributed by atoms with E-state index in [9.17, 15) is 4.79 Å². The zero-order valence-corrected chi connectivity index (χ0v) is 23.8. The summed E-state index contributed by atoms with van der Waals surface area (Å²) in [6.45, 7) is 5.25. The van der Waals surface area contributed by atoms with E-state index < -0.39 is 0 Å². The number of rotatable bonds is 12. The highest BCUT2D eigenvalue weighted by molar-refractivity contribution is 8.00. The Hall–Kier alpha value is -2.57. The molecule has 1 heterocycles. The fraction of sp³-hybridized carbons (Fsp3) is 0.387. The van der Waals surface area contributed by atoms with Gasteiger partial charge in [-0.1, -0.05) is 54.6 Å². The molecule has 1 amide bonds. The van der Waals surface area contributed by atoms with Gasteiger partial charge in [0.05, 0.1) is 14.2 Å². The van der Waals surface area contributed by atoms with Gasteiger partial charge < -0.3 is 14.4 Å². The van der Waals surface area contributed by atoms with E-state index >= 15 is 0 Å². The largest absolute Gasteiger partial charge is 0.497 e. The molecule has 4 nitrogen and oxygen atoms in total. The number of carbonyl (C=O) groups is 1. The van der Waals surface area contributed by atoms with Crippen molar-refractivity contribution in [2.24, 2.45) is 5.92 Å². The van der Waals surface area contributed by atoms with Gasteiger partial charge in [-0.2, -0.15) is 11.8 Å². The number of thioether (sulfide) groups is 2. The summed E-state index contributed by atoms with van der Waals surface area (Å²) in [5, 5.41) is 0. The Kier molecular flexibility index (Phi) is 9.49. The van der Waals surface area contributed by atoms with Crippen molar-refractivity contribution in [1.82, 2.24) is 4.90 Å². The van der Waals surface area contributed by atoms with E-state index in [-0.39, 0.29) is 22.6 Å². The number of hydrogen-bond donors (Lipinski definition) is 0. The lowest BCUT2D eigenvalue weighted by Gasteiger charge is -2.37. The molecular weight excluding hydrogens is 498 g/mol. The highest BCUT2D eigenvalue weighted by Crippen LogP contribution is 2.42. The first-order valence-corrected chi connectivity index (χ1v) is 14.9. The number of methoxy groups -OCH3 is 2. The van der Waals surface area contributed by atoms with Crippen LogP contribution < -0.4 is 9.47 Å². The molecule has 1 aliphatic heterocycles. The van der Waals surface area contributed by atoms with Gasteiger partial charge in [-0.3, -0.25) is 4.79 Å². The number of amides is 1. The van der Waals surface area contributed by atoms with E-state index in [2.05, 4.69) is 67.3 Å². The Morgan fingerprint density at radius 1 is 0.811 bits per heavy atom. The molecule has 3 aromatic rings. The van der Waals surface area contributed by atoms with Gasteiger partial charge in [-0.05, 0) is 61.2 Å². The first kappa shape index (κ1) is 27.5. The summed E-state index contributed by atoms with van der Waals surface area (Å²) >= 11 is 3.78. The van der Waals surface area contributed by atoms with Crippen LogP contribution in [0.15, 0.2) is 78.9 Å². The normalized spacial score (nSPS) is 17.7. The van der Waals surface area contributed by atoms with Gasteiger partial charge in [0.2, 0.25) is 5.91 Å². The highest BCUT2D eigenvalue weighted by Gasteiger charge is 2.46. The monoisotopic (exact) mass is 535 g/mol. The molecule has 0 N–H and O–H groups in total. The van der Waals surface area contributed by atoms with Gasteiger partial charge in [-0.15, -0.1) is 11.8 Å². The van der Waals surface area contributed by atoms with E-state index in [0.29, 0.717) is 6.54 Å². The maximum Gasteiger partial charge on any atom is 0.227 e.